The van der Waals surface area contributed by atoms with Crippen molar-refractivity contribution in [3.8, 4) is 12.3 Å². The molecule has 1 aromatic rings. The van der Waals surface area contributed by atoms with E-state index in [-0.39, 0.29) is 12.0 Å². The van der Waals surface area contributed by atoms with Gasteiger partial charge in [0.05, 0.1) is 13.2 Å². The highest BCUT2D eigenvalue weighted by Crippen LogP contribution is 2.04. The van der Waals surface area contributed by atoms with E-state index < -0.39 is 0 Å². The Labute approximate surface area is 102 Å². The summed E-state index contributed by atoms with van der Waals surface area (Å²) in [7, 11) is 0. The quantitative estimate of drug-likeness (QED) is 0.594. The number of rotatable bonds is 6. The third-order valence-electron chi connectivity index (χ3n) is 2.30. The molecule has 0 amide bonds. The van der Waals surface area contributed by atoms with Gasteiger partial charge in [0.2, 0.25) is 0 Å². The van der Waals surface area contributed by atoms with Crippen molar-refractivity contribution in [2.24, 2.45) is 0 Å². The lowest BCUT2D eigenvalue weighted by molar-refractivity contribution is -0.145. The molecule has 0 heterocycles. The zero-order valence-corrected chi connectivity index (χ0v) is 9.98. The van der Waals surface area contributed by atoms with Crippen molar-refractivity contribution in [1.82, 2.24) is 5.32 Å². The molecule has 1 N–H and O–H groups in total. The lowest BCUT2D eigenvalue weighted by atomic mass is 10.1. The maximum atomic E-state index is 11.7. The Morgan fingerprint density at radius 3 is 2.76 bits per heavy atom. The molecule has 0 radical (unpaired) electrons. The molecule has 1 rings (SSSR count). The molecule has 1 atom stereocenters. The number of terminal acetylenes is 1. The molecule has 0 saturated carbocycles. The van der Waals surface area contributed by atoms with Crippen molar-refractivity contribution in [1.29, 1.82) is 0 Å². The largest absolute Gasteiger partial charge is 0.465 e. The van der Waals surface area contributed by atoms with Gasteiger partial charge in [-0.3, -0.25) is 10.1 Å². The van der Waals surface area contributed by atoms with Crippen molar-refractivity contribution in [3.63, 3.8) is 0 Å². The van der Waals surface area contributed by atoms with E-state index in [0.717, 1.165) is 5.56 Å². The van der Waals surface area contributed by atoms with Crippen LogP contribution in [0.4, 0.5) is 0 Å². The lowest BCUT2D eigenvalue weighted by Crippen LogP contribution is -2.40. The summed E-state index contributed by atoms with van der Waals surface area (Å²) < 4.78 is 5.00. The highest BCUT2D eigenvalue weighted by atomic mass is 16.5. The fourth-order valence-electron chi connectivity index (χ4n) is 1.51. The van der Waals surface area contributed by atoms with E-state index in [4.69, 9.17) is 11.2 Å². The van der Waals surface area contributed by atoms with Gasteiger partial charge in [-0.25, -0.2) is 0 Å². The van der Waals surface area contributed by atoms with Crippen molar-refractivity contribution in [2.45, 2.75) is 19.4 Å². The fraction of sp³-hybridized carbons (Fsp3) is 0.357. The number of hydrogen-bond acceptors (Lipinski definition) is 3. The fourth-order valence-corrected chi connectivity index (χ4v) is 1.51. The maximum Gasteiger partial charge on any atom is 0.323 e. The predicted octanol–water partition coefficient (Wildman–Crippen LogP) is 1.38. The van der Waals surface area contributed by atoms with Crippen LogP contribution in [0.15, 0.2) is 30.3 Å². The Morgan fingerprint density at radius 2 is 2.18 bits per heavy atom. The molecular formula is C14H17NO2. The van der Waals surface area contributed by atoms with E-state index in [1.165, 1.54) is 0 Å². The number of hydrogen-bond donors (Lipinski definition) is 1. The summed E-state index contributed by atoms with van der Waals surface area (Å²) in [6.45, 7) is 2.52. The number of nitrogens with one attached hydrogen (secondary N) is 1. The number of ether oxygens (including phenoxy) is 1. The molecule has 1 aromatic carbocycles. The molecule has 0 bridgehead atoms. The van der Waals surface area contributed by atoms with Gasteiger partial charge >= 0.3 is 5.97 Å². The Kier molecular flexibility index (Phi) is 5.84. The minimum Gasteiger partial charge on any atom is -0.465 e. The van der Waals surface area contributed by atoms with E-state index in [1.807, 2.05) is 30.3 Å². The van der Waals surface area contributed by atoms with Crippen molar-refractivity contribution in [2.75, 3.05) is 13.2 Å². The molecule has 90 valence electrons. The second-order valence-corrected chi connectivity index (χ2v) is 3.58. The molecule has 0 spiro atoms. The minimum absolute atomic E-state index is 0.258. The molecule has 17 heavy (non-hydrogen) atoms. The van der Waals surface area contributed by atoms with Gasteiger partial charge in [0.15, 0.2) is 0 Å². The smallest absolute Gasteiger partial charge is 0.323 e. The van der Waals surface area contributed by atoms with Crippen LogP contribution in [0.5, 0.6) is 0 Å². The number of carbonyl (C=O) groups is 1. The normalized spacial score (nSPS) is 11.5. The molecular weight excluding hydrogens is 214 g/mol. The van der Waals surface area contributed by atoms with Crippen LogP contribution in [0.25, 0.3) is 0 Å². The van der Waals surface area contributed by atoms with Crippen LogP contribution in [-0.4, -0.2) is 25.2 Å². The Hall–Kier alpha value is -1.79. The first-order chi connectivity index (χ1) is 8.27. The van der Waals surface area contributed by atoms with Crippen LogP contribution in [0.1, 0.15) is 12.5 Å². The monoisotopic (exact) mass is 231 g/mol. The van der Waals surface area contributed by atoms with Crippen LogP contribution in [0.3, 0.4) is 0 Å². The maximum absolute atomic E-state index is 11.7. The molecule has 0 saturated heterocycles. The molecule has 0 aliphatic carbocycles. The van der Waals surface area contributed by atoms with Crippen LogP contribution in [-0.2, 0) is 16.0 Å². The summed E-state index contributed by atoms with van der Waals surface area (Å²) in [4.78, 5) is 11.7. The van der Waals surface area contributed by atoms with Gasteiger partial charge < -0.3 is 4.74 Å². The van der Waals surface area contributed by atoms with Crippen molar-refractivity contribution >= 4 is 5.97 Å². The van der Waals surface area contributed by atoms with Gasteiger partial charge in [-0.2, -0.15) is 0 Å². The van der Waals surface area contributed by atoms with E-state index in [9.17, 15) is 4.79 Å². The summed E-state index contributed by atoms with van der Waals surface area (Å²) in [5, 5.41) is 2.99. The zero-order valence-electron chi connectivity index (χ0n) is 9.98. The van der Waals surface area contributed by atoms with Gasteiger partial charge in [0.1, 0.15) is 6.04 Å². The molecule has 0 aliphatic heterocycles. The van der Waals surface area contributed by atoms with E-state index in [2.05, 4.69) is 11.2 Å². The summed E-state index contributed by atoms with van der Waals surface area (Å²) in [6.07, 6.45) is 5.76. The highest BCUT2D eigenvalue weighted by Gasteiger charge is 2.18. The van der Waals surface area contributed by atoms with E-state index >= 15 is 0 Å². The molecule has 0 aliphatic rings. The van der Waals surface area contributed by atoms with Crippen LogP contribution < -0.4 is 5.32 Å². The third-order valence-corrected chi connectivity index (χ3v) is 2.30. The average molecular weight is 231 g/mol. The molecule has 3 heteroatoms. The number of esters is 1. The predicted molar refractivity (Wildman–Crippen MR) is 67.4 cm³/mol. The first kappa shape index (κ1) is 13.3. The van der Waals surface area contributed by atoms with Crippen LogP contribution in [0, 0.1) is 12.3 Å². The van der Waals surface area contributed by atoms with Gasteiger partial charge in [0, 0.05) is 0 Å². The summed E-state index contributed by atoms with van der Waals surface area (Å²) in [5.41, 5.74) is 1.08. The molecule has 3 nitrogen and oxygen atoms in total. The summed E-state index contributed by atoms with van der Waals surface area (Å²) >= 11 is 0. The third kappa shape index (κ3) is 4.71. The Morgan fingerprint density at radius 1 is 1.47 bits per heavy atom. The van der Waals surface area contributed by atoms with Crippen LogP contribution in [0.2, 0.25) is 0 Å². The van der Waals surface area contributed by atoms with Crippen molar-refractivity contribution < 1.29 is 9.53 Å². The first-order valence-electron chi connectivity index (χ1n) is 5.65. The molecule has 0 fully saturated rings. The topological polar surface area (TPSA) is 38.3 Å². The van der Waals surface area contributed by atoms with Gasteiger partial charge in [-0.05, 0) is 18.9 Å². The van der Waals surface area contributed by atoms with Gasteiger partial charge in [0.25, 0.3) is 0 Å². The summed E-state index contributed by atoms with van der Waals surface area (Å²) in [6, 6.07) is 9.40. The van der Waals surface area contributed by atoms with Gasteiger partial charge in [-0.15, -0.1) is 6.42 Å². The second-order valence-electron chi connectivity index (χ2n) is 3.58. The minimum atomic E-state index is -0.381. The van der Waals surface area contributed by atoms with E-state index in [0.29, 0.717) is 19.6 Å². The standard InChI is InChI=1S/C14H17NO2/c1-3-10-15-13(14(16)17-4-2)11-12-8-6-5-7-9-12/h1,5-9,13,15H,4,10-11H2,2H3/t13-/m0/s1. The molecule has 0 unspecified atom stereocenters. The number of carbonyl (C=O) groups excluding carboxylic acids is 1. The first-order valence-corrected chi connectivity index (χ1v) is 5.65. The Bertz CT molecular complexity index is 381. The van der Waals surface area contributed by atoms with E-state index in [1.54, 1.807) is 6.92 Å². The average Bonchev–Trinajstić information content (AvgIpc) is 2.36. The molecule has 0 aromatic heterocycles. The highest BCUT2D eigenvalue weighted by molar-refractivity contribution is 5.76. The summed E-state index contributed by atoms with van der Waals surface area (Å²) in [5.74, 6) is 2.20. The Balaban J connectivity index is 2.63. The number of benzene rings is 1. The van der Waals surface area contributed by atoms with Crippen LogP contribution >= 0.6 is 0 Å². The lowest BCUT2D eigenvalue weighted by Gasteiger charge is -2.15. The van der Waals surface area contributed by atoms with Gasteiger partial charge in [-0.1, -0.05) is 36.3 Å². The zero-order chi connectivity index (χ0) is 12.5. The second kappa shape index (κ2) is 7.48. The van der Waals surface area contributed by atoms with Crippen molar-refractivity contribution in [3.05, 3.63) is 35.9 Å². The SMILES string of the molecule is C#CCN[C@@H](Cc1ccccc1)C(=O)OCC.